The fourth-order valence-corrected chi connectivity index (χ4v) is 1.56. The normalized spacial score (nSPS) is 10.1. The second-order valence-electron chi connectivity index (χ2n) is 5.02. The predicted octanol–water partition coefficient (Wildman–Crippen LogP) is 4.09. The van der Waals surface area contributed by atoms with E-state index in [-0.39, 0.29) is 5.75 Å². The van der Waals surface area contributed by atoms with Gasteiger partial charge in [0.05, 0.1) is 7.11 Å². The molecule has 0 aliphatic heterocycles. The number of allylic oxidation sites excluding steroid dienone is 4. The topological polar surface area (TPSA) is 63.6 Å². The number of carbonyl (C=O) groups is 2. The van der Waals surface area contributed by atoms with Crippen LogP contribution in [0.25, 0.3) is 0 Å². The van der Waals surface area contributed by atoms with Gasteiger partial charge in [-0.1, -0.05) is 17.2 Å². The number of hydrogen-bond acceptors (Lipinski definition) is 4. The van der Waals surface area contributed by atoms with Gasteiger partial charge in [0.1, 0.15) is 12.6 Å². The molecule has 0 bridgehead atoms. The van der Waals surface area contributed by atoms with E-state index < -0.39 is 0 Å². The van der Waals surface area contributed by atoms with Crippen molar-refractivity contribution in [3.05, 3.63) is 47.1 Å². The number of aldehydes is 2. The fraction of sp³-hybridized carbons (Fsp3) is 0.333. The highest BCUT2D eigenvalue weighted by Gasteiger charge is 2.00. The summed E-state index contributed by atoms with van der Waals surface area (Å²) >= 11 is 0. The largest absolute Gasteiger partial charge is 0.504 e. The number of phenols is 1. The molecule has 0 saturated carbocycles. The third-order valence-electron chi connectivity index (χ3n) is 2.78. The van der Waals surface area contributed by atoms with Crippen LogP contribution in [-0.2, 0) is 4.79 Å². The zero-order chi connectivity index (χ0) is 17.0. The number of phenolic OH excluding ortho intramolecular Hbond substituents is 1. The molecule has 0 spiro atoms. The van der Waals surface area contributed by atoms with E-state index in [0.717, 1.165) is 24.7 Å². The van der Waals surface area contributed by atoms with Gasteiger partial charge in [0.25, 0.3) is 0 Å². The fourth-order valence-electron chi connectivity index (χ4n) is 1.56. The van der Waals surface area contributed by atoms with Crippen molar-refractivity contribution in [2.75, 3.05) is 7.11 Å². The first-order valence-electron chi connectivity index (χ1n) is 7.01. The van der Waals surface area contributed by atoms with Gasteiger partial charge in [-0.3, -0.25) is 9.59 Å². The van der Waals surface area contributed by atoms with E-state index >= 15 is 0 Å². The highest BCUT2D eigenvalue weighted by molar-refractivity contribution is 5.76. The quantitative estimate of drug-likeness (QED) is 0.488. The monoisotopic (exact) mass is 304 g/mol. The Labute approximate surface area is 132 Å². The molecule has 1 N–H and O–H groups in total. The number of hydrogen-bond donors (Lipinski definition) is 1. The molecule has 22 heavy (non-hydrogen) atoms. The average molecular weight is 304 g/mol. The second kappa shape index (κ2) is 11.3. The van der Waals surface area contributed by atoms with Crippen LogP contribution < -0.4 is 4.74 Å². The smallest absolute Gasteiger partial charge is 0.161 e. The van der Waals surface area contributed by atoms with Gasteiger partial charge in [0.15, 0.2) is 11.5 Å². The van der Waals surface area contributed by atoms with Crippen molar-refractivity contribution < 1.29 is 19.4 Å². The minimum Gasteiger partial charge on any atom is -0.504 e. The maximum atomic E-state index is 10.2. The molecule has 0 fully saturated rings. The number of rotatable bonds is 6. The summed E-state index contributed by atoms with van der Waals surface area (Å²) in [6.45, 7) is 6.14. The van der Waals surface area contributed by atoms with Gasteiger partial charge in [-0.25, -0.2) is 0 Å². The van der Waals surface area contributed by atoms with Gasteiger partial charge >= 0.3 is 0 Å². The lowest BCUT2D eigenvalue weighted by Gasteiger charge is -2.01. The van der Waals surface area contributed by atoms with Crippen molar-refractivity contribution in [3.63, 3.8) is 0 Å². The summed E-state index contributed by atoms with van der Waals surface area (Å²) < 4.78 is 4.78. The lowest BCUT2D eigenvalue weighted by molar-refractivity contribution is -0.104. The summed E-state index contributed by atoms with van der Waals surface area (Å²) in [6.07, 6.45) is 7.38. The summed E-state index contributed by atoms with van der Waals surface area (Å²) in [6, 6.07) is 4.41. The molecule has 0 aromatic heterocycles. The number of aromatic hydroxyl groups is 1. The zero-order valence-electron chi connectivity index (χ0n) is 13.6. The Balaban J connectivity index is 0.000000401. The predicted molar refractivity (Wildman–Crippen MR) is 88.5 cm³/mol. The van der Waals surface area contributed by atoms with Crippen LogP contribution in [0.2, 0.25) is 0 Å². The molecule has 1 aromatic rings. The van der Waals surface area contributed by atoms with Crippen LogP contribution >= 0.6 is 0 Å². The molecule has 0 radical (unpaired) electrons. The average Bonchev–Trinajstić information content (AvgIpc) is 2.48. The van der Waals surface area contributed by atoms with Crippen LogP contribution in [0, 0.1) is 0 Å². The lowest BCUT2D eigenvalue weighted by atomic mass is 10.1. The minimum atomic E-state index is 0.0399. The van der Waals surface area contributed by atoms with Crippen LogP contribution in [0.15, 0.2) is 41.5 Å². The van der Waals surface area contributed by atoms with Crippen molar-refractivity contribution in [2.45, 2.75) is 33.6 Å². The van der Waals surface area contributed by atoms with E-state index in [0.29, 0.717) is 17.6 Å². The van der Waals surface area contributed by atoms with Crippen LogP contribution in [0.4, 0.5) is 0 Å². The van der Waals surface area contributed by atoms with E-state index in [1.807, 2.05) is 6.92 Å². The van der Waals surface area contributed by atoms with Gasteiger partial charge in [-0.05, 0) is 57.9 Å². The minimum absolute atomic E-state index is 0.0399. The van der Waals surface area contributed by atoms with Gasteiger partial charge < -0.3 is 9.84 Å². The molecule has 0 atom stereocenters. The maximum Gasteiger partial charge on any atom is 0.161 e. The maximum absolute atomic E-state index is 10.2. The van der Waals surface area contributed by atoms with E-state index in [9.17, 15) is 9.59 Å². The summed E-state index contributed by atoms with van der Waals surface area (Å²) in [5.41, 5.74) is 2.97. The standard InChI is InChI=1S/C10H16O.C8H8O3/c1-9(2)5-4-6-10(3)7-8-11;1-11-8-4-6(5-9)2-3-7(8)10/h5,7-8H,4,6H2,1-3H3;2-5,10H,1H3/b10-7+;. The number of benzene rings is 1. The lowest BCUT2D eigenvalue weighted by Crippen LogP contribution is -1.85. The number of carbonyl (C=O) groups excluding carboxylic acids is 2. The molecule has 0 unspecified atom stereocenters. The van der Waals surface area contributed by atoms with E-state index in [4.69, 9.17) is 9.84 Å². The van der Waals surface area contributed by atoms with Crippen molar-refractivity contribution in [2.24, 2.45) is 0 Å². The van der Waals surface area contributed by atoms with Gasteiger partial charge in [-0.15, -0.1) is 0 Å². The van der Waals surface area contributed by atoms with Crippen LogP contribution in [0.1, 0.15) is 44.0 Å². The Kier molecular flexibility index (Phi) is 10.1. The molecule has 1 aromatic carbocycles. The zero-order valence-corrected chi connectivity index (χ0v) is 13.6. The van der Waals surface area contributed by atoms with E-state index in [1.165, 1.54) is 30.9 Å². The molecule has 1 rings (SSSR count). The first-order chi connectivity index (χ1) is 10.4. The molecule has 4 nitrogen and oxygen atoms in total. The molecule has 0 amide bonds. The van der Waals surface area contributed by atoms with Crippen molar-refractivity contribution in [3.8, 4) is 11.5 Å². The molecule has 0 heterocycles. The Bertz CT molecular complexity index is 538. The van der Waals surface area contributed by atoms with Crippen molar-refractivity contribution in [1.82, 2.24) is 0 Å². The molecule has 0 saturated heterocycles. The Hall–Kier alpha value is -2.36. The SMILES string of the molecule is CC(C)=CCC/C(C)=C/C=O.COc1cc(C=O)ccc1O. The Morgan fingerprint density at radius 3 is 2.41 bits per heavy atom. The highest BCUT2D eigenvalue weighted by atomic mass is 16.5. The van der Waals surface area contributed by atoms with Crippen molar-refractivity contribution >= 4 is 12.6 Å². The third kappa shape index (κ3) is 8.74. The summed E-state index contributed by atoms with van der Waals surface area (Å²) in [4.78, 5) is 20.3. The molecule has 120 valence electrons. The first kappa shape index (κ1) is 19.6. The summed E-state index contributed by atoms with van der Waals surface area (Å²) in [7, 11) is 1.43. The molecule has 0 aliphatic carbocycles. The van der Waals surface area contributed by atoms with Gasteiger partial charge in [0.2, 0.25) is 0 Å². The molecular weight excluding hydrogens is 280 g/mol. The van der Waals surface area contributed by atoms with E-state index in [1.54, 1.807) is 6.08 Å². The number of methoxy groups -OCH3 is 1. The Morgan fingerprint density at radius 1 is 1.23 bits per heavy atom. The van der Waals surface area contributed by atoms with Gasteiger partial charge in [0, 0.05) is 5.56 Å². The Morgan fingerprint density at radius 2 is 1.91 bits per heavy atom. The second-order valence-corrected chi connectivity index (χ2v) is 5.02. The van der Waals surface area contributed by atoms with E-state index in [2.05, 4.69) is 19.9 Å². The third-order valence-corrected chi connectivity index (χ3v) is 2.78. The summed E-state index contributed by atoms with van der Waals surface area (Å²) in [5, 5.41) is 9.09. The van der Waals surface area contributed by atoms with Crippen molar-refractivity contribution in [1.29, 1.82) is 0 Å². The first-order valence-corrected chi connectivity index (χ1v) is 7.01. The molecule has 4 heteroatoms. The highest BCUT2D eigenvalue weighted by Crippen LogP contribution is 2.25. The van der Waals surface area contributed by atoms with Crippen LogP contribution in [0.5, 0.6) is 11.5 Å². The molecule has 0 aliphatic rings. The van der Waals surface area contributed by atoms with Gasteiger partial charge in [-0.2, -0.15) is 0 Å². The van der Waals surface area contributed by atoms with Crippen LogP contribution in [0.3, 0.4) is 0 Å². The number of ether oxygens (including phenoxy) is 1. The summed E-state index contributed by atoms with van der Waals surface area (Å²) in [5.74, 6) is 0.354. The molecular formula is C18H24O4. The van der Waals surface area contributed by atoms with Crippen LogP contribution in [-0.4, -0.2) is 24.8 Å².